The second-order valence-electron chi connectivity index (χ2n) is 5.68. The molecule has 1 saturated heterocycles. The van der Waals surface area contributed by atoms with Crippen LogP contribution in [0.3, 0.4) is 0 Å². The zero-order chi connectivity index (χ0) is 14.8. The molecule has 0 spiro atoms. The topological polar surface area (TPSA) is 69.6 Å². The van der Waals surface area contributed by atoms with Crippen molar-refractivity contribution in [2.75, 3.05) is 13.1 Å². The number of nitrogens with zero attached hydrogens (tertiary/aromatic N) is 1. The number of unbranched alkanes of at least 4 members (excludes halogenated alkanes) is 3. The third-order valence-corrected chi connectivity index (χ3v) is 3.91. The van der Waals surface area contributed by atoms with Gasteiger partial charge in [0.1, 0.15) is 0 Å². The van der Waals surface area contributed by atoms with Crippen molar-refractivity contribution in [3.05, 3.63) is 0 Å². The highest BCUT2D eigenvalue weighted by molar-refractivity contribution is 5.74. The van der Waals surface area contributed by atoms with Gasteiger partial charge in [-0.3, -0.25) is 4.79 Å². The Labute approximate surface area is 121 Å². The number of aliphatic carboxylic acids is 1. The van der Waals surface area contributed by atoms with Gasteiger partial charge in [-0.25, -0.2) is 4.79 Å². The predicted octanol–water partition coefficient (Wildman–Crippen LogP) is 3.00. The molecule has 0 aromatic carbocycles. The fourth-order valence-corrected chi connectivity index (χ4v) is 2.63. The molecule has 1 aliphatic heterocycles. The highest BCUT2D eigenvalue weighted by atomic mass is 16.4. The molecule has 0 bridgehead atoms. The van der Waals surface area contributed by atoms with E-state index in [-0.39, 0.29) is 12.5 Å². The third-order valence-electron chi connectivity index (χ3n) is 3.91. The van der Waals surface area contributed by atoms with E-state index in [1.165, 1.54) is 12.8 Å². The van der Waals surface area contributed by atoms with E-state index < -0.39 is 5.97 Å². The second kappa shape index (κ2) is 9.61. The van der Waals surface area contributed by atoms with Gasteiger partial charge in [0.2, 0.25) is 0 Å². The summed E-state index contributed by atoms with van der Waals surface area (Å²) in [5, 5.41) is 11.5. The van der Waals surface area contributed by atoms with Crippen LogP contribution in [0.1, 0.15) is 64.7 Å². The molecule has 5 nitrogen and oxygen atoms in total. The van der Waals surface area contributed by atoms with E-state index in [9.17, 15) is 9.59 Å². The van der Waals surface area contributed by atoms with Gasteiger partial charge in [0.15, 0.2) is 0 Å². The van der Waals surface area contributed by atoms with Crippen molar-refractivity contribution in [3.63, 3.8) is 0 Å². The summed E-state index contributed by atoms with van der Waals surface area (Å²) in [6.45, 7) is 3.68. The van der Waals surface area contributed by atoms with Gasteiger partial charge in [-0.05, 0) is 32.6 Å². The van der Waals surface area contributed by atoms with Gasteiger partial charge in [0.25, 0.3) is 0 Å². The van der Waals surface area contributed by atoms with Crippen molar-refractivity contribution in [2.45, 2.75) is 70.8 Å². The number of hydrogen-bond acceptors (Lipinski definition) is 2. The van der Waals surface area contributed by atoms with E-state index in [1.807, 2.05) is 4.90 Å². The molecule has 1 fully saturated rings. The van der Waals surface area contributed by atoms with Crippen molar-refractivity contribution in [2.24, 2.45) is 0 Å². The lowest BCUT2D eigenvalue weighted by Gasteiger charge is -2.27. The van der Waals surface area contributed by atoms with Crippen LogP contribution in [0.25, 0.3) is 0 Å². The van der Waals surface area contributed by atoms with Crippen LogP contribution in [0.15, 0.2) is 0 Å². The van der Waals surface area contributed by atoms with Gasteiger partial charge < -0.3 is 15.3 Å². The first-order valence-electron chi connectivity index (χ1n) is 7.87. The van der Waals surface area contributed by atoms with Gasteiger partial charge >= 0.3 is 12.0 Å². The molecule has 2 N–H and O–H groups in total. The first-order valence-corrected chi connectivity index (χ1v) is 7.87. The van der Waals surface area contributed by atoms with Crippen LogP contribution in [-0.4, -0.2) is 41.1 Å². The molecule has 1 heterocycles. The minimum absolute atomic E-state index is 0.0601. The SMILES string of the molecule is CC1CCCCCN1C(=O)NCCCCCCC(=O)O. The minimum Gasteiger partial charge on any atom is -0.481 e. The number of carboxylic acids is 1. The Balaban J connectivity index is 2.08. The van der Waals surface area contributed by atoms with Crippen molar-refractivity contribution in [3.8, 4) is 0 Å². The summed E-state index contributed by atoms with van der Waals surface area (Å²) in [5.74, 6) is -0.728. The van der Waals surface area contributed by atoms with Crippen LogP contribution in [0.5, 0.6) is 0 Å². The quantitative estimate of drug-likeness (QED) is 0.706. The molecule has 5 heteroatoms. The molecule has 0 aromatic rings. The molecule has 1 aliphatic rings. The number of nitrogens with one attached hydrogen (secondary N) is 1. The van der Waals surface area contributed by atoms with Crippen molar-refractivity contribution in [1.82, 2.24) is 10.2 Å². The zero-order valence-electron chi connectivity index (χ0n) is 12.6. The molecule has 2 amide bonds. The summed E-state index contributed by atoms with van der Waals surface area (Å²) in [6.07, 6.45) is 8.44. The van der Waals surface area contributed by atoms with Crippen LogP contribution in [0.4, 0.5) is 4.79 Å². The highest BCUT2D eigenvalue weighted by Crippen LogP contribution is 2.16. The first kappa shape index (κ1) is 16.8. The summed E-state index contributed by atoms with van der Waals surface area (Å²) in [5.41, 5.74) is 0. The maximum Gasteiger partial charge on any atom is 0.317 e. The van der Waals surface area contributed by atoms with Gasteiger partial charge in [-0.15, -0.1) is 0 Å². The number of carboxylic acid groups (broad SMARTS) is 1. The Kier molecular flexibility index (Phi) is 8.07. The van der Waals surface area contributed by atoms with Crippen LogP contribution in [0, 0.1) is 0 Å². The van der Waals surface area contributed by atoms with Crippen molar-refractivity contribution < 1.29 is 14.7 Å². The molecule has 1 unspecified atom stereocenters. The highest BCUT2D eigenvalue weighted by Gasteiger charge is 2.21. The average Bonchev–Trinajstić information content (AvgIpc) is 2.61. The molecule has 0 aliphatic carbocycles. The molecular weight excluding hydrogens is 256 g/mol. The predicted molar refractivity (Wildman–Crippen MR) is 78.8 cm³/mol. The van der Waals surface area contributed by atoms with E-state index in [4.69, 9.17) is 5.11 Å². The zero-order valence-corrected chi connectivity index (χ0v) is 12.6. The molecule has 20 heavy (non-hydrogen) atoms. The molecule has 0 aromatic heterocycles. The normalized spacial score (nSPS) is 19.4. The van der Waals surface area contributed by atoms with E-state index in [0.717, 1.165) is 45.1 Å². The Hall–Kier alpha value is -1.26. The molecular formula is C15H28N2O3. The summed E-state index contributed by atoms with van der Waals surface area (Å²) < 4.78 is 0. The minimum atomic E-state index is -0.728. The van der Waals surface area contributed by atoms with E-state index in [1.54, 1.807) is 0 Å². The lowest BCUT2D eigenvalue weighted by atomic mass is 10.1. The van der Waals surface area contributed by atoms with E-state index in [2.05, 4.69) is 12.2 Å². The Morgan fingerprint density at radius 1 is 1.15 bits per heavy atom. The van der Waals surface area contributed by atoms with Gasteiger partial charge in [-0.1, -0.05) is 25.7 Å². The molecule has 0 saturated carbocycles. The monoisotopic (exact) mass is 284 g/mol. The number of amides is 2. The molecule has 1 atom stereocenters. The third kappa shape index (κ3) is 6.78. The average molecular weight is 284 g/mol. The second-order valence-corrected chi connectivity index (χ2v) is 5.68. The molecule has 0 radical (unpaired) electrons. The summed E-state index contributed by atoms with van der Waals surface area (Å²) in [7, 11) is 0. The number of rotatable bonds is 7. The summed E-state index contributed by atoms with van der Waals surface area (Å²) >= 11 is 0. The summed E-state index contributed by atoms with van der Waals surface area (Å²) in [4.78, 5) is 24.4. The van der Waals surface area contributed by atoms with E-state index >= 15 is 0 Å². The number of likely N-dealkylation sites (tertiary alicyclic amines) is 1. The number of carbonyl (C=O) groups excluding carboxylic acids is 1. The number of urea groups is 1. The first-order chi connectivity index (χ1) is 9.61. The lowest BCUT2D eigenvalue weighted by molar-refractivity contribution is -0.137. The smallest absolute Gasteiger partial charge is 0.317 e. The largest absolute Gasteiger partial charge is 0.481 e. The van der Waals surface area contributed by atoms with Gasteiger partial charge in [0.05, 0.1) is 0 Å². The van der Waals surface area contributed by atoms with Crippen molar-refractivity contribution >= 4 is 12.0 Å². The van der Waals surface area contributed by atoms with Crippen LogP contribution >= 0.6 is 0 Å². The van der Waals surface area contributed by atoms with Crippen LogP contribution in [-0.2, 0) is 4.79 Å². The molecule has 116 valence electrons. The standard InChI is InChI=1S/C15H28N2O3/c1-13-9-5-4-8-12-17(13)15(20)16-11-7-3-2-6-10-14(18)19/h13H,2-12H2,1H3,(H,16,20)(H,18,19). The maximum absolute atomic E-state index is 12.1. The molecule has 1 rings (SSSR count). The van der Waals surface area contributed by atoms with Crippen LogP contribution in [0.2, 0.25) is 0 Å². The Morgan fingerprint density at radius 3 is 2.65 bits per heavy atom. The van der Waals surface area contributed by atoms with Gasteiger partial charge in [0, 0.05) is 25.6 Å². The van der Waals surface area contributed by atoms with Crippen molar-refractivity contribution in [1.29, 1.82) is 0 Å². The van der Waals surface area contributed by atoms with E-state index in [0.29, 0.717) is 12.6 Å². The Bertz CT molecular complexity index is 307. The summed E-state index contributed by atoms with van der Waals surface area (Å²) in [6, 6.07) is 0.401. The fourth-order valence-electron chi connectivity index (χ4n) is 2.63. The van der Waals surface area contributed by atoms with Gasteiger partial charge in [-0.2, -0.15) is 0 Å². The van der Waals surface area contributed by atoms with Crippen LogP contribution < -0.4 is 5.32 Å². The number of carbonyl (C=O) groups is 2. The maximum atomic E-state index is 12.1. The fraction of sp³-hybridized carbons (Fsp3) is 0.867. The number of hydrogen-bond donors (Lipinski definition) is 2. The Morgan fingerprint density at radius 2 is 1.90 bits per heavy atom. The lowest BCUT2D eigenvalue weighted by Crippen LogP contribution is -2.45.